The number of anilines is 3. The highest BCUT2D eigenvalue weighted by atomic mass is 19.1. The highest BCUT2D eigenvalue weighted by Gasteiger charge is 2.05. The Hall–Kier alpha value is -2.72. The zero-order valence-electron chi connectivity index (χ0n) is 9.18. The van der Waals surface area contributed by atoms with Crippen molar-refractivity contribution in [3.8, 4) is 6.07 Å². The largest absolute Gasteiger partial charge is 0.336 e. The molecule has 0 amide bonds. The zero-order valence-corrected chi connectivity index (χ0v) is 9.18. The Morgan fingerprint density at radius 1 is 1.28 bits per heavy atom. The highest BCUT2D eigenvalue weighted by molar-refractivity contribution is 5.58. The van der Waals surface area contributed by atoms with Crippen LogP contribution in [0.2, 0.25) is 0 Å². The molecule has 1 heterocycles. The van der Waals surface area contributed by atoms with E-state index in [1.807, 2.05) is 6.07 Å². The molecule has 7 heteroatoms. The third kappa shape index (κ3) is 2.50. The molecule has 0 spiro atoms. The molecule has 1 aromatic carbocycles. The van der Waals surface area contributed by atoms with E-state index in [4.69, 9.17) is 11.1 Å². The number of hydrazine groups is 1. The summed E-state index contributed by atoms with van der Waals surface area (Å²) < 4.78 is 13.6. The first kappa shape index (κ1) is 11.8. The number of nitriles is 1. The first-order valence-corrected chi connectivity index (χ1v) is 4.98. The molecule has 0 aliphatic rings. The van der Waals surface area contributed by atoms with Gasteiger partial charge in [-0.05, 0) is 18.2 Å². The van der Waals surface area contributed by atoms with Gasteiger partial charge in [0.05, 0.1) is 29.7 Å². The maximum absolute atomic E-state index is 13.6. The predicted molar refractivity (Wildman–Crippen MR) is 64.2 cm³/mol. The van der Waals surface area contributed by atoms with Crippen molar-refractivity contribution in [3.05, 3.63) is 42.0 Å². The average Bonchev–Trinajstić information content (AvgIpc) is 2.41. The number of nitrogens with zero attached hydrogens (tertiary/aromatic N) is 3. The maximum Gasteiger partial charge on any atom is 0.160 e. The van der Waals surface area contributed by atoms with Crippen molar-refractivity contribution >= 4 is 17.3 Å². The molecular weight excluding hydrogens is 235 g/mol. The van der Waals surface area contributed by atoms with Gasteiger partial charge >= 0.3 is 0 Å². The van der Waals surface area contributed by atoms with Crippen LogP contribution in [0.25, 0.3) is 0 Å². The van der Waals surface area contributed by atoms with Gasteiger partial charge in [0, 0.05) is 0 Å². The summed E-state index contributed by atoms with van der Waals surface area (Å²) in [5.74, 6) is 5.35. The second kappa shape index (κ2) is 5.07. The van der Waals surface area contributed by atoms with Crippen LogP contribution in [0.4, 0.5) is 21.7 Å². The lowest BCUT2D eigenvalue weighted by Crippen LogP contribution is -2.09. The number of nitrogen functional groups attached to an aromatic ring is 1. The van der Waals surface area contributed by atoms with Crippen molar-refractivity contribution in [2.24, 2.45) is 5.84 Å². The first-order valence-electron chi connectivity index (χ1n) is 4.98. The van der Waals surface area contributed by atoms with Crippen LogP contribution in [0.5, 0.6) is 0 Å². The third-order valence-corrected chi connectivity index (χ3v) is 2.14. The Labute approximate surface area is 102 Å². The summed E-state index contributed by atoms with van der Waals surface area (Å²) in [7, 11) is 0. The van der Waals surface area contributed by atoms with Crippen molar-refractivity contribution in [2.45, 2.75) is 0 Å². The molecule has 18 heavy (non-hydrogen) atoms. The predicted octanol–water partition coefficient (Wildman–Crippen LogP) is 1.52. The molecule has 6 nitrogen and oxygen atoms in total. The Balaban J connectivity index is 2.26. The van der Waals surface area contributed by atoms with Crippen LogP contribution in [-0.2, 0) is 0 Å². The van der Waals surface area contributed by atoms with E-state index in [0.717, 1.165) is 6.07 Å². The highest BCUT2D eigenvalue weighted by Crippen LogP contribution is 2.19. The molecular formula is C11H9FN6. The normalized spacial score (nSPS) is 9.61. The fourth-order valence-electron chi connectivity index (χ4n) is 1.32. The zero-order chi connectivity index (χ0) is 13.0. The molecule has 0 saturated carbocycles. The van der Waals surface area contributed by atoms with Crippen LogP contribution < -0.4 is 16.6 Å². The van der Waals surface area contributed by atoms with Crippen molar-refractivity contribution in [2.75, 3.05) is 10.7 Å². The van der Waals surface area contributed by atoms with Crippen LogP contribution in [-0.4, -0.2) is 9.97 Å². The SMILES string of the molecule is N#Cc1ccc(Nc2cncc(NN)n2)c(F)c1. The van der Waals surface area contributed by atoms with Crippen LogP contribution in [0.15, 0.2) is 30.6 Å². The molecule has 90 valence electrons. The lowest BCUT2D eigenvalue weighted by Gasteiger charge is -2.07. The fraction of sp³-hybridized carbons (Fsp3) is 0. The van der Waals surface area contributed by atoms with E-state index in [0.29, 0.717) is 11.6 Å². The summed E-state index contributed by atoms with van der Waals surface area (Å²) in [5, 5.41) is 11.4. The number of aromatic nitrogens is 2. The molecule has 1 aromatic heterocycles. The molecule has 0 radical (unpaired) electrons. The molecule has 0 bridgehead atoms. The Kier molecular flexibility index (Phi) is 3.31. The molecule has 0 aliphatic carbocycles. The number of nitrogens with one attached hydrogen (secondary N) is 2. The molecule has 2 rings (SSSR count). The van der Waals surface area contributed by atoms with E-state index < -0.39 is 5.82 Å². The summed E-state index contributed by atoms with van der Waals surface area (Å²) in [6.07, 6.45) is 2.86. The van der Waals surface area contributed by atoms with Crippen molar-refractivity contribution in [1.82, 2.24) is 9.97 Å². The van der Waals surface area contributed by atoms with E-state index in [-0.39, 0.29) is 11.3 Å². The second-order valence-electron chi connectivity index (χ2n) is 3.37. The van der Waals surface area contributed by atoms with E-state index >= 15 is 0 Å². The van der Waals surface area contributed by atoms with Crippen LogP contribution in [0.1, 0.15) is 5.56 Å². The van der Waals surface area contributed by atoms with Crippen LogP contribution in [0.3, 0.4) is 0 Å². The van der Waals surface area contributed by atoms with Crippen molar-refractivity contribution in [1.29, 1.82) is 5.26 Å². The van der Waals surface area contributed by atoms with Gasteiger partial charge < -0.3 is 10.7 Å². The topological polar surface area (TPSA) is 99.7 Å². The summed E-state index contributed by atoms with van der Waals surface area (Å²) in [6.45, 7) is 0. The van der Waals surface area contributed by atoms with E-state index in [1.165, 1.54) is 24.5 Å². The smallest absolute Gasteiger partial charge is 0.160 e. The minimum atomic E-state index is -0.540. The van der Waals surface area contributed by atoms with Gasteiger partial charge in [-0.15, -0.1) is 0 Å². The molecule has 4 N–H and O–H groups in total. The first-order chi connectivity index (χ1) is 8.72. The van der Waals surface area contributed by atoms with Gasteiger partial charge in [-0.25, -0.2) is 15.2 Å². The van der Waals surface area contributed by atoms with E-state index in [2.05, 4.69) is 20.7 Å². The number of halogens is 1. The quantitative estimate of drug-likeness (QED) is 0.559. The number of benzene rings is 1. The number of hydrogen-bond acceptors (Lipinski definition) is 6. The second-order valence-corrected chi connectivity index (χ2v) is 3.37. The number of hydrogen-bond donors (Lipinski definition) is 3. The number of nitrogens with two attached hydrogens (primary N) is 1. The lowest BCUT2D eigenvalue weighted by atomic mass is 10.2. The van der Waals surface area contributed by atoms with Gasteiger partial charge in [-0.2, -0.15) is 5.26 Å². The summed E-state index contributed by atoms with van der Waals surface area (Å²) >= 11 is 0. The van der Waals surface area contributed by atoms with Crippen LogP contribution in [0, 0.1) is 17.1 Å². The molecule has 0 atom stereocenters. The minimum absolute atomic E-state index is 0.206. The van der Waals surface area contributed by atoms with Gasteiger partial charge in [-0.3, -0.25) is 4.98 Å². The van der Waals surface area contributed by atoms with Gasteiger partial charge in [0.1, 0.15) is 5.82 Å². The standard InChI is InChI=1S/C11H9FN6/c12-8-3-7(4-13)1-2-9(8)16-10-5-15-6-11(17-10)18-14/h1-3,5-6H,14H2,(H2,16,17,18). The van der Waals surface area contributed by atoms with Gasteiger partial charge in [0.25, 0.3) is 0 Å². The van der Waals surface area contributed by atoms with Gasteiger partial charge in [0.2, 0.25) is 0 Å². The molecule has 2 aromatic rings. The average molecular weight is 244 g/mol. The minimum Gasteiger partial charge on any atom is -0.336 e. The monoisotopic (exact) mass is 244 g/mol. The van der Waals surface area contributed by atoms with Gasteiger partial charge in [-0.1, -0.05) is 0 Å². The van der Waals surface area contributed by atoms with Crippen molar-refractivity contribution < 1.29 is 4.39 Å². The third-order valence-electron chi connectivity index (χ3n) is 2.14. The Morgan fingerprint density at radius 2 is 2.06 bits per heavy atom. The maximum atomic E-state index is 13.6. The summed E-state index contributed by atoms with van der Waals surface area (Å²) in [5.41, 5.74) is 2.79. The summed E-state index contributed by atoms with van der Waals surface area (Å²) in [6, 6.07) is 5.95. The van der Waals surface area contributed by atoms with E-state index in [1.54, 1.807) is 0 Å². The Bertz CT molecular complexity index is 607. The lowest BCUT2D eigenvalue weighted by molar-refractivity contribution is 0.631. The number of rotatable bonds is 3. The molecule has 0 unspecified atom stereocenters. The molecule has 0 fully saturated rings. The molecule has 0 saturated heterocycles. The Morgan fingerprint density at radius 3 is 2.72 bits per heavy atom. The van der Waals surface area contributed by atoms with E-state index in [9.17, 15) is 4.39 Å². The fourth-order valence-corrected chi connectivity index (χ4v) is 1.32. The van der Waals surface area contributed by atoms with Crippen LogP contribution >= 0.6 is 0 Å². The molecule has 0 aliphatic heterocycles. The summed E-state index contributed by atoms with van der Waals surface area (Å²) in [4.78, 5) is 7.90. The van der Waals surface area contributed by atoms with Gasteiger partial charge in [0.15, 0.2) is 11.6 Å². The van der Waals surface area contributed by atoms with Crippen molar-refractivity contribution in [3.63, 3.8) is 0 Å².